The summed E-state index contributed by atoms with van der Waals surface area (Å²) in [5.74, 6) is 0. The zero-order valence-corrected chi connectivity index (χ0v) is 16.8. The molecule has 5 nitrogen and oxygen atoms in total. The third-order valence-electron chi connectivity index (χ3n) is 5.08. The van der Waals surface area contributed by atoms with Crippen molar-refractivity contribution in [3.8, 4) is 0 Å². The van der Waals surface area contributed by atoms with Crippen LogP contribution in [0.5, 0.6) is 0 Å². The zero-order chi connectivity index (χ0) is 19.1. The number of sulfonamides is 1. The fourth-order valence-corrected chi connectivity index (χ4v) is 5.32. The number of hydrogen-bond donors (Lipinski definition) is 0. The average Bonchev–Trinajstić information content (AvgIpc) is 3.07. The molecule has 0 radical (unpaired) electrons. The summed E-state index contributed by atoms with van der Waals surface area (Å²) < 4.78 is 50.5. The summed E-state index contributed by atoms with van der Waals surface area (Å²) in [5, 5.41) is 0. The van der Waals surface area contributed by atoms with Gasteiger partial charge in [-0.3, -0.25) is 0 Å². The molecule has 0 saturated carbocycles. The number of benzene rings is 2. The quantitative estimate of drug-likeness (QED) is 0.783. The minimum Gasteiger partial charge on any atom is -0.224 e. The van der Waals surface area contributed by atoms with Gasteiger partial charge in [0.05, 0.1) is 9.79 Å². The lowest BCUT2D eigenvalue weighted by Gasteiger charge is -2.25. The molecule has 0 aliphatic heterocycles. The maximum Gasteiger partial charge on any atom is 0.243 e. The first kappa shape index (κ1) is 19.1. The summed E-state index contributed by atoms with van der Waals surface area (Å²) in [7, 11) is -5.35. The molecule has 0 N–H and O–H groups in total. The number of rotatable bonds is 5. The van der Waals surface area contributed by atoms with Gasteiger partial charge in [-0.1, -0.05) is 18.2 Å². The molecular formula is C19H23NO4S2. The first-order valence-electron chi connectivity index (χ1n) is 8.50. The van der Waals surface area contributed by atoms with Crippen molar-refractivity contribution in [1.82, 2.24) is 4.31 Å². The number of fused-ring (bicyclic) bond motifs is 1. The highest BCUT2D eigenvalue weighted by atomic mass is 32.2. The second kappa shape index (κ2) is 6.79. The molecule has 7 heteroatoms. The summed E-state index contributed by atoms with van der Waals surface area (Å²) in [4.78, 5) is 0.526. The van der Waals surface area contributed by atoms with E-state index in [1.807, 2.05) is 6.07 Å². The standard InChI is InChI=1S/C19H23NO4S2/c1-14(15-7-10-18(11-8-15)25(3,21)22)20(2)26(23,24)19-12-9-16-5-4-6-17(16)13-19/h7-14H,4-6H2,1-3H3. The van der Waals surface area contributed by atoms with Crippen molar-refractivity contribution in [2.75, 3.05) is 13.3 Å². The van der Waals surface area contributed by atoms with E-state index in [-0.39, 0.29) is 4.90 Å². The van der Waals surface area contributed by atoms with E-state index in [1.54, 1.807) is 38.2 Å². The fraction of sp³-hybridized carbons (Fsp3) is 0.368. The first-order chi connectivity index (χ1) is 12.1. The third-order valence-corrected chi connectivity index (χ3v) is 8.14. The van der Waals surface area contributed by atoms with Gasteiger partial charge in [0.1, 0.15) is 0 Å². The van der Waals surface area contributed by atoms with Crippen LogP contribution in [-0.2, 0) is 32.7 Å². The second-order valence-corrected chi connectivity index (χ2v) is 10.8. The maximum atomic E-state index is 13.0. The lowest BCUT2D eigenvalue weighted by molar-refractivity contribution is 0.398. The predicted molar refractivity (Wildman–Crippen MR) is 101 cm³/mol. The van der Waals surface area contributed by atoms with Crippen LogP contribution in [0.4, 0.5) is 0 Å². The van der Waals surface area contributed by atoms with Gasteiger partial charge in [0.2, 0.25) is 10.0 Å². The van der Waals surface area contributed by atoms with Gasteiger partial charge < -0.3 is 0 Å². The highest BCUT2D eigenvalue weighted by Gasteiger charge is 2.27. The molecule has 0 heterocycles. The predicted octanol–water partition coefficient (Wildman–Crippen LogP) is 2.96. The largest absolute Gasteiger partial charge is 0.243 e. The molecule has 0 fully saturated rings. The van der Waals surface area contributed by atoms with Gasteiger partial charge >= 0.3 is 0 Å². The summed E-state index contributed by atoms with van der Waals surface area (Å²) in [6.07, 6.45) is 4.15. The molecule has 1 aliphatic rings. The van der Waals surface area contributed by atoms with Crippen molar-refractivity contribution in [2.24, 2.45) is 0 Å². The molecule has 0 bridgehead atoms. The van der Waals surface area contributed by atoms with Crippen LogP contribution in [0, 0.1) is 0 Å². The minimum absolute atomic E-state index is 0.220. The number of aryl methyl sites for hydroxylation is 2. The van der Waals surface area contributed by atoms with Crippen LogP contribution in [0.1, 0.15) is 36.1 Å². The van der Waals surface area contributed by atoms with Crippen molar-refractivity contribution in [3.05, 3.63) is 59.2 Å². The van der Waals surface area contributed by atoms with Crippen molar-refractivity contribution in [1.29, 1.82) is 0 Å². The van der Waals surface area contributed by atoms with Crippen LogP contribution in [-0.4, -0.2) is 34.4 Å². The van der Waals surface area contributed by atoms with E-state index < -0.39 is 25.9 Å². The van der Waals surface area contributed by atoms with Crippen LogP contribution < -0.4 is 0 Å². The molecule has 1 aliphatic carbocycles. The summed E-state index contributed by atoms with van der Waals surface area (Å²) in [6.45, 7) is 1.79. The third kappa shape index (κ3) is 3.56. The molecular weight excluding hydrogens is 370 g/mol. The van der Waals surface area contributed by atoms with Crippen LogP contribution in [0.3, 0.4) is 0 Å². The van der Waals surface area contributed by atoms with Gasteiger partial charge in [0.25, 0.3) is 0 Å². The molecule has 0 saturated heterocycles. The van der Waals surface area contributed by atoms with E-state index >= 15 is 0 Å². The van der Waals surface area contributed by atoms with E-state index in [2.05, 4.69) is 0 Å². The van der Waals surface area contributed by atoms with E-state index in [4.69, 9.17) is 0 Å². The molecule has 26 heavy (non-hydrogen) atoms. The van der Waals surface area contributed by atoms with Crippen LogP contribution in [0.2, 0.25) is 0 Å². The Labute approximate surface area is 155 Å². The van der Waals surface area contributed by atoms with E-state index in [1.165, 1.54) is 22.0 Å². The van der Waals surface area contributed by atoms with Gasteiger partial charge in [-0.25, -0.2) is 16.8 Å². The zero-order valence-electron chi connectivity index (χ0n) is 15.1. The number of sulfone groups is 1. The summed E-state index contributed by atoms with van der Waals surface area (Å²) in [5.41, 5.74) is 3.09. The molecule has 0 aromatic heterocycles. The lowest BCUT2D eigenvalue weighted by atomic mass is 10.1. The van der Waals surface area contributed by atoms with Crippen molar-refractivity contribution in [2.45, 2.75) is 42.0 Å². The number of nitrogens with zero attached hydrogens (tertiary/aromatic N) is 1. The van der Waals surface area contributed by atoms with E-state index in [0.29, 0.717) is 4.90 Å². The Kier molecular flexibility index (Phi) is 4.98. The van der Waals surface area contributed by atoms with Gasteiger partial charge in [-0.05, 0) is 67.1 Å². The molecule has 0 amide bonds. The molecule has 2 aromatic rings. The van der Waals surface area contributed by atoms with Crippen molar-refractivity contribution in [3.63, 3.8) is 0 Å². The maximum absolute atomic E-state index is 13.0. The second-order valence-electron chi connectivity index (χ2n) is 6.82. The Balaban J connectivity index is 1.88. The average molecular weight is 394 g/mol. The first-order valence-corrected chi connectivity index (χ1v) is 11.8. The molecule has 140 valence electrons. The Bertz CT molecular complexity index is 1030. The topological polar surface area (TPSA) is 71.5 Å². The molecule has 0 spiro atoms. The van der Waals surface area contributed by atoms with E-state index in [9.17, 15) is 16.8 Å². The van der Waals surface area contributed by atoms with E-state index in [0.717, 1.165) is 36.6 Å². The van der Waals surface area contributed by atoms with Gasteiger partial charge in [-0.2, -0.15) is 4.31 Å². The Morgan fingerprint density at radius 3 is 2.08 bits per heavy atom. The Hall–Kier alpha value is -1.70. The highest BCUT2D eigenvalue weighted by molar-refractivity contribution is 7.90. The lowest BCUT2D eigenvalue weighted by Crippen LogP contribution is -2.30. The minimum atomic E-state index is -3.63. The Morgan fingerprint density at radius 2 is 1.46 bits per heavy atom. The van der Waals surface area contributed by atoms with Crippen molar-refractivity contribution < 1.29 is 16.8 Å². The normalized spacial score (nSPS) is 15.8. The molecule has 3 rings (SSSR count). The monoisotopic (exact) mass is 393 g/mol. The number of hydrogen-bond acceptors (Lipinski definition) is 4. The fourth-order valence-electron chi connectivity index (χ4n) is 3.29. The Morgan fingerprint density at radius 1 is 0.885 bits per heavy atom. The summed E-state index contributed by atoms with van der Waals surface area (Å²) >= 11 is 0. The smallest absolute Gasteiger partial charge is 0.224 e. The van der Waals surface area contributed by atoms with Crippen LogP contribution in [0.25, 0.3) is 0 Å². The van der Waals surface area contributed by atoms with Gasteiger partial charge in [0, 0.05) is 19.3 Å². The molecule has 1 unspecified atom stereocenters. The summed E-state index contributed by atoms with van der Waals surface area (Å²) in [6, 6.07) is 11.3. The van der Waals surface area contributed by atoms with Crippen molar-refractivity contribution >= 4 is 19.9 Å². The van der Waals surface area contributed by atoms with Crippen LogP contribution >= 0.6 is 0 Å². The highest BCUT2D eigenvalue weighted by Crippen LogP contribution is 2.30. The molecule has 1 atom stereocenters. The van der Waals surface area contributed by atoms with Gasteiger partial charge in [-0.15, -0.1) is 0 Å². The van der Waals surface area contributed by atoms with Gasteiger partial charge in [0.15, 0.2) is 9.84 Å². The SMILES string of the molecule is CC(c1ccc(S(C)(=O)=O)cc1)N(C)S(=O)(=O)c1ccc2c(c1)CCC2. The molecule has 2 aromatic carbocycles. The van der Waals surface area contributed by atoms with Crippen LogP contribution in [0.15, 0.2) is 52.3 Å².